The second-order valence-corrected chi connectivity index (χ2v) is 6.76. The van der Waals surface area contributed by atoms with Crippen LogP contribution in [0, 0.1) is 5.92 Å². The maximum Gasteiger partial charge on any atom is 0.236 e. The van der Waals surface area contributed by atoms with Crippen molar-refractivity contribution in [3.05, 3.63) is 0 Å². The molecule has 0 aromatic heterocycles. The highest BCUT2D eigenvalue weighted by Gasteiger charge is 2.32. The molecule has 110 valence electrons. The van der Waals surface area contributed by atoms with Crippen molar-refractivity contribution in [3.8, 4) is 0 Å². The highest BCUT2D eigenvalue weighted by molar-refractivity contribution is 5.78. The highest BCUT2D eigenvalue weighted by Crippen LogP contribution is 2.31. The van der Waals surface area contributed by atoms with Gasteiger partial charge >= 0.3 is 0 Å². The molecule has 0 aliphatic heterocycles. The second kappa shape index (κ2) is 6.74. The largest absolute Gasteiger partial charge is 0.342 e. The fourth-order valence-electron chi connectivity index (χ4n) is 3.06. The third-order valence-electron chi connectivity index (χ3n) is 4.79. The second-order valence-electron chi connectivity index (χ2n) is 6.76. The van der Waals surface area contributed by atoms with E-state index in [2.05, 4.69) is 18.7 Å². The SMILES string of the molecule is CC(C)N(C)C(=O)CN(CC1CCCCC1)C1CC1. The molecule has 0 aromatic carbocycles. The molecule has 0 radical (unpaired) electrons. The molecule has 0 unspecified atom stereocenters. The van der Waals surface area contributed by atoms with Gasteiger partial charge in [-0.1, -0.05) is 19.3 Å². The van der Waals surface area contributed by atoms with Crippen LogP contribution in [-0.4, -0.2) is 47.9 Å². The van der Waals surface area contributed by atoms with Gasteiger partial charge in [0, 0.05) is 25.7 Å². The van der Waals surface area contributed by atoms with Gasteiger partial charge in [0.05, 0.1) is 6.54 Å². The van der Waals surface area contributed by atoms with Gasteiger partial charge in [0.2, 0.25) is 5.91 Å². The molecule has 3 nitrogen and oxygen atoms in total. The number of carbonyl (C=O) groups is 1. The molecule has 2 fully saturated rings. The summed E-state index contributed by atoms with van der Waals surface area (Å²) >= 11 is 0. The third-order valence-corrected chi connectivity index (χ3v) is 4.79. The van der Waals surface area contributed by atoms with Crippen molar-refractivity contribution in [2.75, 3.05) is 20.1 Å². The van der Waals surface area contributed by atoms with Gasteiger partial charge in [-0.05, 0) is 45.4 Å². The molecule has 0 saturated heterocycles. The Bertz CT molecular complexity index is 293. The lowest BCUT2D eigenvalue weighted by Gasteiger charge is -2.31. The summed E-state index contributed by atoms with van der Waals surface area (Å²) in [6, 6.07) is 1.01. The van der Waals surface area contributed by atoms with Crippen LogP contribution in [0.4, 0.5) is 0 Å². The van der Waals surface area contributed by atoms with Gasteiger partial charge in [-0.25, -0.2) is 0 Å². The van der Waals surface area contributed by atoms with Crippen LogP contribution in [0.3, 0.4) is 0 Å². The van der Waals surface area contributed by atoms with Crippen molar-refractivity contribution in [1.29, 1.82) is 0 Å². The number of nitrogens with zero attached hydrogens (tertiary/aromatic N) is 2. The molecule has 19 heavy (non-hydrogen) atoms. The lowest BCUT2D eigenvalue weighted by Crippen LogP contribution is -2.43. The van der Waals surface area contributed by atoms with Crippen LogP contribution in [0.15, 0.2) is 0 Å². The van der Waals surface area contributed by atoms with Crippen molar-refractivity contribution in [3.63, 3.8) is 0 Å². The highest BCUT2D eigenvalue weighted by atomic mass is 16.2. The zero-order chi connectivity index (χ0) is 13.8. The van der Waals surface area contributed by atoms with Crippen LogP contribution in [0.2, 0.25) is 0 Å². The zero-order valence-electron chi connectivity index (χ0n) is 12.9. The lowest BCUT2D eigenvalue weighted by atomic mass is 9.89. The standard InChI is InChI=1S/C16H30N2O/c1-13(2)17(3)16(19)12-18(15-9-10-15)11-14-7-5-4-6-8-14/h13-15H,4-12H2,1-3H3. The van der Waals surface area contributed by atoms with Gasteiger partial charge in [0.15, 0.2) is 0 Å². The van der Waals surface area contributed by atoms with E-state index in [-0.39, 0.29) is 5.91 Å². The predicted octanol–water partition coefficient (Wildman–Crippen LogP) is 2.90. The van der Waals surface area contributed by atoms with Crippen LogP contribution < -0.4 is 0 Å². The Hall–Kier alpha value is -0.570. The Morgan fingerprint density at radius 3 is 2.26 bits per heavy atom. The topological polar surface area (TPSA) is 23.6 Å². The van der Waals surface area contributed by atoms with Gasteiger partial charge in [-0.3, -0.25) is 9.69 Å². The van der Waals surface area contributed by atoms with Crippen LogP contribution in [0.1, 0.15) is 58.8 Å². The summed E-state index contributed by atoms with van der Waals surface area (Å²) in [4.78, 5) is 16.6. The summed E-state index contributed by atoms with van der Waals surface area (Å²) in [6.07, 6.45) is 9.53. The normalized spacial score (nSPS) is 21.1. The molecule has 1 amide bonds. The van der Waals surface area contributed by atoms with Crippen LogP contribution >= 0.6 is 0 Å². The predicted molar refractivity (Wildman–Crippen MR) is 79.1 cm³/mol. The van der Waals surface area contributed by atoms with Gasteiger partial charge in [0.25, 0.3) is 0 Å². The third kappa shape index (κ3) is 4.48. The van der Waals surface area contributed by atoms with Crippen LogP contribution in [0.25, 0.3) is 0 Å². The number of hydrogen-bond donors (Lipinski definition) is 0. The molecular weight excluding hydrogens is 236 g/mol. The summed E-state index contributed by atoms with van der Waals surface area (Å²) in [5, 5.41) is 0. The van der Waals surface area contributed by atoms with E-state index < -0.39 is 0 Å². The van der Waals surface area contributed by atoms with E-state index in [4.69, 9.17) is 0 Å². The fourth-order valence-corrected chi connectivity index (χ4v) is 3.06. The minimum Gasteiger partial charge on any atom is -0.342 e. The minimum atomic E-state index is 0.290. The zero-order valence-corrected chi connectivity index (χ0v) is 12.9. The van der Waals surface area contributed by atoms with Crippen LogP contribution in [0.5, 0.6) is 0 Å². The molecule has 0 atom stereocenters. The van der Waals surface area contributed by atoms with E-state index in [1.807, 2.05) is 11.9 Å². The van der Waals surface area contributed by atoms with Crippen LogP contribution in [-0.2, 0) is 4.79 Å². The first-order valence-electron chi connectivity index (χ1n) is 8.07. The van der Waals surface area contributed by atoms with E-state index in [9.17, 15) is 4.79 Å². The van der Waals surface area contributed by atoms with Crippen molar-refractivity contribution >= 4 is 5.91 Å². The molecule has 0 aromatic rings. The Morgan fingerprint density at radius 2 is 1.74 bits per heavy atom. The molecule has 0 bridgehead atoms. The first-order chi connectivity index (χ1) is 9.08. The number of amides is 1. The first kappa shape index (κ1) is 14.8. The van der Waals surface area contributed by atoms with E-state index in [1.165, 1.54) is 44.9 Å². The van der Waals surface area contributed by atoms with Crippen molar-refractivity contribution in [2.24, 2.45) is 5.92 Å². The molecule has 3 heteroatoms. The molecule has 2 saturated carbocycles. The minimum absolute atomic E-state index is 0.290. The summed E-state index contributed by atoms with van der Waals surface area (Å²) in [7, 11) is 1.93. The smallest absolute Gasteiger partial charge is 0.236 e. The molecule has 0 N–H and O–H groups in total. The molecular formula is C16H30N2O. The number of likely N-dealkylation sites (N-methyl/N-ethyl adjacent to an activating group) is 1. The average molecular weight is 266 g/mol. The fraction of sp³-hybridized carbons (Fsp3) is 0.938. The maximum atomic E-state index is 12.3. The van der Waals surface area contributed by atoms with Crippen molar-refractivity contribution in [2.45, 2.75) is 70.9 Å². The van der Waals surface area contributed by atoms with E-state index in [0.717, 1.165) is 12.5 Å². The molecule has 2 aliphatic carbocycles. The monoisotopic (exact) mass is 266 g/mol. The maximum absolute atomic E-state index is 12.3. The Kier molecular flexibility index (Phi) is 5.26. The number of rotatable bonds is 6. The van der Waals surface area contributed by atoms with E-state index in [0.29, 0.717) is 18.6 Å². The molecule has 2 rings (SSSR count). The number of hydrogen-bond acceptors (Lipinski definition) is 2. The molecule has 0 spiro atoms. The van der Waals surface area contributed by atoms with Gasteiger partial charge in [0.1, 0.15) is 0 Å². The summed E-state index contributed by atoms with van der Waals surface area (Å²) in [6.45, 7) is 5.96. The lowest BCUT2D eigenvalue weighted by molar-refractivity contribution is -0.132. The number of carbonyl (C=O) groups excluding carboxylic acids is 1. The summed E-state index contributed by atoms with van der Waals surface area (Å²) in [5.74, 6) is 1.13. The van der Waals surface area contributed by atoms with Gasteiger partial charge in [-0.15, -0.1) is 0 Å². The molecule has 0 heterocycles. The molecule has 2 aliphatic rings. The Morgan fingerprint density at radius 1 is 1.11 bits per heavy atom. The quantitative estimate of drug-likeness (QED) is 0.738. The van der Waals surface area contributed by atoms with Gasteiger partial charge < -0.3 is 4.90 Å². The van der Waals surface area contributed by atoms with Gasteiger partial charge in [-0.2, -0.15) is 0 Å². The first-order valence-corrected chi connectivity index (χ1v) is 8.07. The van der Waals surface area contributed by atoms with Crippen molar-refractivity contribution in [1.82, 2.24) is 9.80 Å². The summed E-state index contributed by atoms with van der Waals surface area (Å²) in [5.41, 5.74) is 0. The summed E-state index contributed by atoms with van der Waals surface area (Å²) < 4.78 is 0. The van der Waals surface area contributed by atoms with E-state index >= 15 is 0 Å². The van der Waals surface area contributed by atoms with E-state index in [1.54, 1.807) is 0 Å². The average Bonchev–Trinajstić information content (AvgIpc) is 3.22. The Balaban J connectivity index is 1.83. The van der Waals surface area contributed by atoms with Crippen molar-refractivity contribution < 1.29 is 4.79 Å². The Labute approximate surface area is 118 Å².